The van der Waals surface area contributed by atoms with E-state index in [1.54, 1.807) is 0 Å². The van der Waals surface area contributed by atoms with E-state index >= 15 is 0 Å². The summed E-state index contributed by atoms with van der Waals surface area (Å²) in [6.07, 6.45) is 0. The highest BCUT2D eigenvalue weighted by atomic mass is 19.2. The SMILES string of the molecule is OB(O)Oc1cccc(-c2c(F)c(F)c(F)c(F)c2F)c1O. The smallest absolute Gasteiger partial charge is 0.509 e. The number of phenols is 1. The highest BCUT2D eigenvalue weighted by Crippen LogP contribution is 2.40. The molecule has 2 rings (SSSR count). The van der Waals surface area contributed by atoms with Crippen LogP contribution in [0.2, 0.25) is 0 Å². The summed E-state index contributed by atoms with van der Waals surface area (Å²) in [6, 6.07) is 2.90. The molecule has 0 aliphatic rings. The second kappa shape index (κ2) is 5.81. The van der Waals surface area contributed by atoms with Gasteiger partial charge in [0, 0.05) is 5.56 Å². The lowest BCUT2D eigenvalue weighted by atomic mass is 10.0. The second-order valence-electron chi connectivity index (χ2n) is 4.04. The van der Waals surface area contributed by atoms with E-state index < -0.39 is 59.0 Å². The van der Waals surface area contributed by atoms with Gasteiger partial charge in [0.05, 0.1) is 5.56 Å². The number of para-hydroxylation sites is 1. The van der Waals surface area contributed by atoms with Crippen LogP contribution in [0.5, 0.6) is 11.5 Å². The monoisotopic (exact) mass is 320 g/mol. The average Bonchev–Trinajstić information content (AvgIpc) is 2.46. The number of halogens is 5. The molecule has 0 unspecified atom stereocenters. The molecule has 0 aliphatic heterocycles. The van der Waals surface area contributed by atoms with Gasteiger partial charge in [-0.2, -0.15) is 0 Å². The van der Waals surface area contributed by atoms with Crippen molar-refractivity contribution in [1.29, 1.82) is 0 Å². The van der Waals surface area contributed by atoms with E-state index in [-0.39, 0.29) is 0 Å². The molecule has 10 heteroatoms. The van der Waals surface area contributed by atoms with Crippen LogP contribution < -0.4 is 4.65 Å². The van der Waals surface area contributed by atoms with Gasteiger partial charge in [0.15, 0.2) is 29.0 Å². The van der Waals surface area contributed by atoms with Gasteiger partial charge in [-0.05, 0) is 6.07 Å². The Bertz CT molecular complexity index is 709. The topological polar surface area (TPSA) is 69.9 Å². The number of hydrogen-bond donors (Lipinski definition) is 3. The maximum atomic E-state index is 13.7. The summed E-state index contributed by atoms with van der Waals surface area (Å²) in [5, 5.41) is 27.0. The molecule has 0 fully saturated rings. The Morgan fingerprint density at radius 1 is 0.818 bits per heavy atom. The number of hydrogen-bond acceptors (Lipinski definition) is 4. The normalized spacial score (nSPS) is 10.7. The van der Waals surface area contributed by atoms with Gasteiger partial charge in [0.1, 0.15) is 5.75 Å². The van der Waals surface area contributed by atoms with E-state index in [1.807, 2.05) is 0 Å². The number of phenolic OH excluding ortho intramolecular Hbond substituents is 1. The summed E-state index contributed by atoms with van der Waals surface area (Å²) in [5.74, 6) is -12.6. The van der Waals surface area contributed by atoms with Crippen molar-refractivity contribution in [2.75, 3.05) is 0 Å². The number of rotatable bonds is 3. The quantitative estimate of drug-likeness (QED) is 0.351. The molecular weight excluding hydrogens is 314 g/mol. The molecule has 0 saturated heterocycles. The van der Waals surface area contributed by atoms with Gasteiger partial charge < -0.3 is 19.8 Å². The predicted octanol–water partition coefficient (Wildman–Crippen LogP) is 2.10. The molecule has 2 aromatic carbocycles. The first kappa shape index (κ1) is 16.1. The minimum Gasteiger partial charge on any atom is -0.509 e. The number of benzene rings is 2. The Balaban J connectivity index is 2.73. The minimum absolute atomic E-state index is 0.628. The van der Waals surface area contributed by atoms with Crippen molar-refractivity contribution in [2.45, 2.75) is 0 Å². The Hall–Kier alpha value is -2.33. The van der Waals surface area contributed by atoms with Crippen LogP contribution in [0.25, 0.3) is 11.1 Å². The van der Waals surface area contributed by atoms with E-state index in [0.717, 1.165) is 18.2 Å². The Morgan fingerprint density at radius 3 is 1.82 bits per heavy atom. The van der Waals surface area contributed by atoms with Crippen LogP contribution in [-0.2, 0) is 0 Å². The zero-order valence-electron chi connectivity index (χ0n) is 10.4. The van der Waals surface area contributed by atoms with E-state index in [4.69, 9.17) is 10.0 Å². The van der Waals surface area contributed by atoms with Crippen molar-refractivity contribution in [3.8, 4) is 22.6 Å². The molecule has 0 amide bonds. The third-order valence-electron chi connectivity index (χ3n) is 2.71. The summed E-state index contributed by atoms with van der Waals surface area (Å²) in [5.41, 5.74) is -2.14. The Labute approximate surface area is 120 Å². The van der Waals surface area contributed by atoms with E-state index in [1.165, 1.54) is 0 Å². The lowest BCUT2D eigenvalue weighted by molar-refractivity contribution is 0.281. The van der Waals surface area contributed by atoms with E-state index in [2.05, 4.69) is 4.65 Å². The molecule has 0 radical (unpaired) electrons. The number of aromatic hydroxyl groups is 1. The summed E-state index contributed by atoms with van der Waals surface area (Å²) in [6.45, 7) is 0. The van der Waals surface area contributed by atoms with Crippen LogP contribution in [0.4, 0.5) is 22.0 Å². The van der Waals surface area contributed by atoms with Crippen LogP contribution in [-0.4, -0.2) is 22.5 Å². The molecule has 22 heavy (non-hydrogen) atoms. The lowest BCUT2D eigenvalue weighted by Gasteiger charge is -2.13. The van der Waals surface area contributed by atoms with Crippen LogP contribution in [0.1, 0.15) is 0 Å². The predicted molar refractivity (Wildman–Crippen MR) is 64.2 cm³/mol. The van der Waals surface area contributed by atoms with Crippen molar-refractivity contribution in [3.05, 3.63) is 47.3 Å². The molecule has 0 aliphatic carbocycles. The Morgan fingerprint density at radius 2 is 1.32 bits per heavy atom. The van der Waals surface area contributed by atoms with Crippen molar-refractivity contribution in [1.82, 2.24) is 0 Å². The molecule has 0 heterocycles. The molecule has 4 nitrogen and oxygen atoms in total. The van der Waals surface area contributed by atoms with Crippen molar-refractivity contribution >= 4 is 7.32 Å². The third kappa shape index (κ3) is 2.58. The van der Waals surface area contributed by atoms with E-state index in [9.17, 15) is 27.1 Å². The molecule has 116 valence electrons. The first-order valence-corrected chi connectivity index (χ1v) is 5.62. The molecule has 3 N–H and O–H groups in total. The molecule has 0 atom stereocenters. The average molecular weight is 320 g/mol. The summed E-state index contributed by atoms with van der Waals surface area (Å²) >= 11 is 0. The van der Waals surface area contributed by atoms with Gasteiger partial charge in [0.25, 0.3) is 0 Å². The molecule has 0 aromatic heterocycles. The Kier molecular flexibility index (Phi) is 4.24. The maximum absolute atomic E-state index is 13.7. The summed E-state index contributed by atoms with van der Waals surface area (Å²) < 4.78 is 71.0. The summed E-state index contributed by atoms with van der Waals surface area (Å²) in [4.78, 5) is 0. The fourth-order valence-corrected chi connectivity index (χ4v) is 1.77. The standard InChI is InChI=1S/C12H6BF5O4/c14-7-6(8(15)10(17)11(18)9(7)16)4-2-1-3-5(12(4)19)22-13(20)21/h1-3,19-21H. The largest absolute Gasteiger partial charge is 0.707 e. The first-order chi connectivity index (χ1) is 10.3. The first-order valence-electron chi connectivity index (χ1n) is 5.62. The van der Waals surface area contributed by atoms with Crippen LogP contribution in [0.15, 0.2) is 18.2 Å². The molecule has 0 bridgehead atoms. The van der Waals surface area contributed by atoms with Gasteiger partial charge in [-0.25, -0.2) is 22.0 Å². The van der Waals surface area contributed by atoms with Gasteiger partial charge in [-0.15, -0.1) is 0 Å². The summed E-state index contributed by atoms with van der Waals surface area (Å²) in [7, 11) is -2.36. The van der Waals surface area contributed by atoms with Gasteiger partial charge in [-0.1, -0.05) is 12.1 Å². The molecule has 2 aromatic rings. The highest BCUT2D eigenvalue weighted by molar-refractivity contribution is 6.33. The zero-order valence-corrected chi connectivity index (χ0v) is 10.4. The molecular formula is C12H6BF5O4. The fourth-order valence-electron chi connectivity index (χ4n) is 1.77. The van der Waals surface area contributed by atoms with Gasteiger partial charge in [-0.3, -0.25) is 0 Å². The van der Waals surface area contributed by atoms with Crippen molar-refractivity contribution in [2.24, 2.45) is 0 Å². The van der Waals surface area contributed by atoms with Crippen LogP contribution in [0.3, 0.4) is 0 Å². The minimum atomic E-state index is -2.36. The van der Waals surface area contributed by atoms with E-state index in [0.29, 0.717) is 0 Å². The van der Waals surface area contributed by atoms with Crippen LogP contribution >= 0.6 is 0 Å². The lowest BCUT2D eigenvalue weighted by Crippen LogP contribution is -2.20. The van der Waals surface area contributed by atoms with Crippen molar-refractivity contribution < 1.29 is 41.8 Å². The van der Waals surface area contributed by atoms with Crippen molar-refractivity contribution in [3.63, 3.8) is 0 Å². The third-order valence-corrected chi connectivity index (χ3v) is 2.71. The highest BCUT2D eigenvalue weighted by Gasteiger charge is 2.29. The maximum Gasteiger partial charge on any atom is 0.707 e. The van der Waals surface area contributed by atoms with Gasteiger partial charge >= 0.3 is 7.32 Å². The zero-order chi connectivity index (χ0) is 16.6. The van der Waals surface area contributed by atoms with Gasteiger partial charge in [0.2, 0.25) is 5.82 Å². The van der Waals surface area contributed by atoms with Crippen LogP contribution in [0, 0.1) is 29.1 Å². The molecule has 0 saturated carbocycles. The second-order valence-corrected chi connectivity index (χ2v) is 4.04. The fraction of sp³-hybridized carbons (Fsp3) is 0. The molecule has 0 spiro atoms.